The summed E-state index contributed by atoms with van der Waals surface area (Å²) in [6, 6.07) is 18.1. The van der Waals surface area contributed by atoms with Crippen LogP contribution in [-0.4, -0.2) is 40.4 Å². The lowest BCUT2D eigenvalue weighted by Crippen LogP contribution is -2.27. The molecule has 2 aromatic carbocycles. The summed E-state index contributed by atoms with van der Waals surface area (Å²) >= 11 is 0. The van der Waals surface area contributed by atoms with Gasteiger partial charge in [-0.15, -0.1) is 0 Å². The van der Waals surface area contributed by atoms with Gasteiger partial charge < -0.3 is 24.7 Å². The predicted molar refractivity (Wildman–Crippen MR) is 214 cm³/mol. The van der Waals surface area contributed by atoms with E-state index in [1.54, 1.807) is 71.4 Å². The number of halogens is 2. The van der Waals surface area contributed by atoms with Crippen LogP contribution < -0.4 is 27.6 Å². The third kappa shape index (κ3) is 8.29. The van der Waals surface area contributed by atoms with Crippen LogP contribution in [-0.2, 0) is 20.0 Å². The number of hydrogen-bond acceptors (Lipinski definition) is 10. The predicted octanol–water partition coefficient (Wildman–Crippen LogP) is 7.23. The first kappa shape index (κ1) is 40.4. The number of aryl methyl sites for hydroxylation is 6. The molecule has 0 atom stereocenters. The van der Waals surface area contributed by atoms with Crippen LogP contribution in [0.4, 0.5) is 26.1 Å². The second-order valence-electron chi connectivity index (χ2n) is 13.2. The third-order valence-corrected chi connectivity index (χ3v) is 8.95. The summed E-state index contributed by atoms with van der Waals surface area (Å²) in [5.74, 6) is -4.22. The van der Waals surface area contributed by atoms with Crippen LogP contribution in [0.15, 0.2) is 92.2 Å². The van der Waals surface area contributed by atoms with Gasteiger partial charge in [0.15, 0.2) is 0 Å². The zero-order chi connectivity index (χ0) is 39.8. The van der Waals surface area contributed by atoms with Gasteiger partial charge >= 0.3 is 5.92 Å². The molecule has 5 N–H and O–H groups in total. The fraction of sp³-hybridized carbons (Fsp3) is 0.225. The van der Waals surface area contributed by atoms with E-state index in [4.69, 9.17) is 10.9 Å². The second-order valence-corrected chi connectivity index (χ2v) is 13.2. The van der Waals surface area contributed by atoms with E-state index >= 15 is 0 Å². The Morgan fingerprint density at radius 1 is 0.804 bits per heavy atom. The number of nitrogens with zero attached hydrogens (tertiary/aromatic N) is 7. The van der Waals surface area contributed by atoms with E-state index in [9.17, 15) is 18.4 Å². The minimum Gasteiger partial charge on any atom is -0.368 e. The average Bonchev–Trinajstić information content (AvgIpc) is 3.63. The van der Waals surface area contributed by atoms with Crippen LogP contribution in [0.25, 0.3) is 44.1 Å². The maximum absolute atomic E-state index is 13.3. The number of rotatable bonds is 6. The molecule has 5 heterocycles. The Hall–Kier alpha value is -6.81. The molecule has 0 aliphatic rings. The van der Waals surface area contributed by atoms with Crippen molar-refractivity contribution in [2.45, 2.75) is 48.0 Å². The molecular formula is C40H42F2N10O4. The molecule has 5 aromatic heterocycles. The van der Waals surface area contributed by atoms with Crippen molar-refractivity contribution < 1.29 is 18.5 Å². The molecule has 0 unspecified atom stereocenters. The summed E-state index contributed by atoms with van der Waals surface area (Å²) in [5.41, 5.74) is 15.7. The van der Waals surface area contributed by atoms with Gasteiger partial charge in [0.25, 0.3) is 23.0 Å². The summed E-state index contributed by atoms with van der Waals surface area (Å²) < 4.78 is 34.4. The molecule has 16 heteroatoms. The maximum Gasteiger partial charge on any atom is 0.322 e. The summed E-state index contributed by atoms with van der Waals surface area (Å²) in [4.78, 5) is 42.2. The molecular weight excluding hydrogens is 723 g/mol. The summed E-state index contributed by atoms with van der Waals surface area (Å²) in [6.45, 7) is 8.26. The van der Waals surface area contributed by atoms with Gasteiger partial charge in [0.2, 0.25) is 5.96 Å². The summed E-state index contributed by atoms with van der Waals surface area (Å²) in [5, 5.41) is 16.9. The first-order valence-corrected chi connectivity index (χ1v) is 16.9. The molecule has 0 aliphatic heterocycles. The van der Waals surface area contributed by atoms with Crippen molar-refractivity contribution in [2.75, 3.05) is 5.32 Å². The number of anilines is 2. The van der Waals surface area contributed by atoms with Crippen molar-refractivity contribution in [3.8, 4) is 22.3 Å². The number of hydrogen-bond donors (Lipinski definition) is 4. The van der Waals surface area contributed by atoms with Crippen LogP contribution in [0.2, 0.25) is 0 Å². The van der Waals surface area contributed by atoms with Gasteiger partial charge in [-0.05, 0) is 104 Å². The molecule has 7 rings (SSSR count). The van der Waals surface area contributed by atoms with E-state index in [1.165, 1.54) is 0 Å². The summed E-state index contributed by atoms with van der Waals surface area (Å²) in [7, 11) is 3.47. The number of pyridine rings is 4. The number of guanidine groups is 1. The quantitative estimate of drug-likeness (QED) is 0.0759. The standard InChI is InChI=1S/C21H19F2N5O2.C18H19N5O2.CH4/c1-11-5-6-14(25-20-26-19(30-27-20)21(3,22)23)9-15(11)16-8-13-10-24-12(2)7-17(13)28(4)18(16)29;1-10-4-5-13(21-18(19)22-25)8-14(10)15-7-12-9-20-11(2)6-16(12)23(3)17(15)24;/h5-10H,1-4H3,(H,25,27);4-9,25H,1-3H3,(H3,19,21,22);1H4. The zero-order valence-corrected chi connectivity index (χ0v) is 31.1. The number of benzene rings is 2. The highest BCUT2D eigenvalue weighted by atomic mass is 19.3. The van der Waals surface area contributed by atoms with Crippen molar-refractivity contribution >= 4 is 45.1 Å². The molecule has 14 nitrogen and oxygen atoms in total. The fourth-order valence-electron chi connectivity index (χ4n) is 6.02. The third-order valence-electron chi connectivity index (χ3n) is 8.95. The number of aliphatic imine (C=N–C) groups is 1. The number of aromatic nitrogens is 6. The van der Waals surface area contributed by atoms with Gasteiger partial charge in [-0.3, -0.25) is 24.8 Å². The van der Waals surface area contributed by atoms with Crippen molar-refractivity contribution in [1.29, 1.82) is 0 Å². The lowest BCUT2D eigenvalue weighted by Gasteiger charge is -2.12. The van der Waals surface area contributed by atoms with Crippen molar-refractivity contribution in [2.24, 2.45) is 24.8 Å². The highest BCUT2D eigenvalue weighted by Crippen LogP contribution is 2.31. The van der Waals surface area contributed by atoms with Crippen molar-refractivity contribution in [1.82, 2.24) is 34.7 Å². The van der Waals surface area contributed by atoms with E-state index in [0.29, 0.717) is 35.0 Å². The van der Waals surface area contributed by atoms with Gasteiger partial charge in [0, 0.05) is 72.4 Å². The Morgan fingerprint density at radius 2 is 1.32 bits per heavy atom. The largest absolute Gasteiger partial charge is 0.368 e. The Morgan fingerprint density at radius 3 is 1.82 bits per heavy atom. The minimum atomic E-state index is -3.23. The van der Waals surface area contributed by atoms with E-state index in [-0.39, 0.29) is 30.5 Å². The molecule has 0 amide bonds. The lowest BCUT2D eigenvalue weighted by atomic mass is 9.99. The average molecular weight is 765 g/mol. The molecule has 0 radical (unpaired) electrons. The molecule has 0 saturated carbocycles. The van der Waals surface area contributed by atoms with E-state index in [2.05, 4.69) is 34.9 Å². The van der Waals surface area contributed by atoms with Crippen LogP contribution in [0, 0.1) is 27.7 Å². The smallest absolute Gasteiger partial charge is 0.322 e. The SMILES string of the molecule is C.Cc1cc2c(cn1)cc(-c1cc(N=C(N)NO)ccc1C)c(=O)n2C.Cc1cc2c(cn1)cc(-c1cc(Nc3noc(C(C)(F)F)n3)ccc1C)c(=O)n2C. The number of hydroxylamine groups is 1. The van der Waals surface area contributed by atoms with Crippen LogP contribution in [0.5, 0.6) is 0 Å². The van der Waals surface area contributed by atoms with Gasteiger partial charge in [0.05, 0.1) is 16.7 Å². The number of nitrogens with two attached hydrogens (primary N) is 1. The molecule has 0 fully saturated rings. The Balaban J connectivity index is 0.000000214. The molecule has 0 saturated heterocycles. The second kappa shape index (κ2) is 15.9. The highest BCUT2D eigenvalue weighted by Gasteiger charge is 2.32. The maximum atomic E-state index is 13.3. The van der Waals surface area contributed by atoms with Crippen LogP contribution in [0.3, 0.4) is 0 Å². The topological polar surface area (TPSA) is 191 Å². The Labute approximate surface area is 320 Å². The van der Waals surface area contributed by atoms with E-state index in [1.807, 2.05) is 58.0 Å². The van der Waals surface area contributed by atoms with E-state index < -0.39 is 11.8 Å². The van der Waals surface area contributed by atoms with Gasteiger partial charge in [-0.1, -0.05) is 19.6 Å². The number of alkyl halides is 2. The molecule has 0 spiro atoms. The molecule has 0 bridgehead atoms. The lowest BCUT2D eigenvalue weighted by molar-refractivity contribution is -0.0158. The first-order valence-electron chi connectivity index (χ1n) is 16.9. The van der Waals surface area contributed by atoms with Gasteiger partial charge in [0.1, 0.15) is 0 Å². The van der Waals surface area contributed by atoms with Crippen LogP contribution in [0.1, 0.15) is 42.8 Å². The number of fused-ring (bicyclic) bond motifs is 2. The molecule has 56 heavy (non-hydrogen) atoms. The summed E-state index contributed by atoms with van der Waals surface area (Å²) in [6.07, 6.45) is 3.50. The highest BCUT2D eigenvalue weighted by molar-refractivity contribution is 5.87. The molecule has 7 aromatic rings. The first-order chi connectivity index (χ1) is 26.0. The van der Waals surface area contributed by atoms with Crippen molar-refractivity contribution in [3.05, 3.63) is 122 Å². The molecule has 0 aliphatic carbocycles. The monoisotopic (exact) mass is 764 g/mol. The zero-order valence-electron chi connectivity index (χ0n) is 31.1. The number of nitrogens with one attached hydrogen (secondary N) is 2. The van der Waals surface area contributed by atoms with E-state index in [0.717, 1.165) is 49.9 Å². The van der Waals surface area contributed by atoms with Crippen molar-refractivity contribution in [3.63, 3.8) is 0 Å². The minimum absolute atomic E-state index is 0. The Kier molecular flexibility index (Phi) is 11.5. The fourth-order valence-corrected chi connectivity index (χ4v) is 6.02. The molecule has 290 valence electrons. The normalized spacial score (nSPS) is 11.6. The van der Waals surface area contributed by atoms with Crippen LogP contribution >= 0.6 is 0 Å². The Bertz CT molecular complexity index is 2750. The van der Waals surface area contributed by atoms with Gasteiger partial charge in [-0.2, -0.15) is 13.8 Å². The van der Waals surface area contributed by atoms with Gasteiger partial charge in [-0.25, -0.2) is 10.5 Å².